The van der Waals surface area contributed by atoms with Crippen LogP contribution in [0.1, 0.15) is 55.0 Å². The molecular formula is C25H29N3O3S. The highest BCUT2D eigenvalue weighted by atomic mass is 32.1. The van der Waals surface area contributed by atoms with Gasteiger partial charge in [-0.25, -0.2) is 4.79 Å². The maximum Gasteiger partial charge on any atom is 0.332 e. The highest BCUT2D eigenvalue weighted by Gasteiger charge is 2.29. The zero-order chi connectivity index (χ0) is 22.2. The first-order valence-corrected chi connectivity index (χ1v) is 12.5. The Morgan fingerprint density at radius 1 is 1.06 bits per heavy atom. The molecule has 0 saturated carbocycles. The minimum absolute atomic E-state index is 0.000294. The van der Waals surface area contributed by atoms with Crippen molar-refractivity contribution in [2.45, 2.75) is 71.0 Å². The number of piperidine rings is 1. The molecule has 1 amide bonds. The molecular weight excluding hydrogens is 422 g/mol. The van der Waals surface area contributed by atoms with Crippen LogP contribution in [-0.4, -0.2) is 32.5 Å². The molecule has 2 aromatic heterocycles. The number of likely N-dealkylation sites (tertiary alicyclic amines) is 1. The standard InChI is InChI=1S/C25H29N3O3S/c1-2-18-11-6-7-14-26(18)21(29)16-28-24-22(19-12-8-13-20(19)32-24)23(30)27(25(28)31)15-17-9-4-3-5-10-17/h3-5,9-10,18H,2,6-8,11-16H2,1H3/t18-/m0/s1. The lowest BCUT2D eigenvalue weighted by Gasteiger charge is -2.35. The zero-order valence-corrected chi connectivity index (χ0v) is 19.3. The molecule has 3 heterocycles. The minimum Gasteiger partial charge on any atom is -0.338 e. The number of benzene rings is 1. The molecule has 6 nitrogen and oxygen atoms in total. The van der Waals surface area contributed by atoms with E-state index < -0.39 is 0 Å². The number of rotatable bonds is 5. The highest BCUT2D eigenvalue weighted by Crippen LogP contribution is 2.35. The monoisotopic (exact) mass is 451 g/mol. The first-order valence-electron chi connectivity index (χ1n) is 11.7. The fraction of sp³-hybridized carbons (Fsp3) is 0.480. The zero-order valence-electron chi connectivity index (χ0n) is 18.5. The summed E-state index contributed by atoms with van der Waals surface area (Å²) in [7, 11) is 0. The topological polar surface area (TPSA) is 64.3 Å². The molecule has 3 aromatic rings. The molecule has 0 bridgehead atoms. The van der Waals surface area contributed by atoms with Gasteiger partial charge in [-0.3, -0.25) is 18.7 Å². The summed E-state index contributed by atoms with van der Waals surface area (Å²) in [4.78, 5) is 44.2. The van der Waals surface area contributed by atoms with E-state index >= 15 is 0 Å². The highest BCUT2D eigenvalue weighted by molar-refractivity contribution is 7.19. The van der Waals surface area contributed by atoms with Gasteiger partial charge in [-0.05, 0) is 56.1 Å². The van der Waals surface area contributed by atoms with Gasteiger partial charge in [0.15, 0.2) is 0 Å². The molecule has 1 atom stereocenters. The van der Waals surface area contributed by atoms with Gasteiger partial charge in [0.05, 0.1) is 11.9 Å². The number of thiophene rings is 1. The molecule has 2 aliphatic rings. The number of nitrogens with zero attached hydrogens (tertiary/aromatic N) is 3. The maximum atomic E-state index is 13.6. The fourth-order valence-corrected chi connectivity index (χ4v) is 6.65. The van der Waals surface area contributed by atoms with Crippen molar-refractivity contribution in [1.29, 1.82) is 0 Å². The van der Waals surface area contributed by atoms with Crippen LogP contribution in [0.5, 0.6) is 0 Å². The Balaban J connectivity index is 1.62. The van der Waals surface area contributed by atoms with Crippen LogP contribution in [0.25, 0.3) is 10.2 Å². The molecule has 0 spiro atoms. The Bertz CT molecular complexity index is 1270. The fourth-order valence-electron chi connectivity index (χ4n) is 5.28. The summed E-state index contributed by atoms with van der Waals surface area (Å²) < 4.78 is 2.90. The van der Waals surface area contributed by atoms with Crippen molar-refractivity contribution in [1.82, 2.24) is 14.0 Å². The molecule has 32 heavy (non-hydrogen) atoms. The largest absolute Gasteiger partial charge is 0.338 e. The molecule has 0 radical (unpaired) electrons. The number of hydrogen-bond donors (Lipinski definition) is 0. The Morgan fingerprint density at radius 2 is 1.88 bits per heavy atom. The molecule has 1 aliphatic carbocycles. The van der Waals surface area contributed by atoms with Gasteiger partial charge in [-0.2, -0.15) is 0 Å². The summed E-state index contributed by atoms with van der Waals surface area (Å²) >= 11 is 1.53. The number of aromatic nitrogens is 2. The SMILES string of the molecule is CC[C@H]1CCCCN1C(=O)Cn1c(=O)n(Cc2ccccc2)c(=O)c2c3c(sc21)CCC3. The van der Waals surface area contributed by atoms with E-state index in [0.717, 1.165) is 62.6 Å². The lowest BCUT2D eigenvalue weighted by molar-refractivity contribution is -0.135. The Hall–Kier alpha value is -2.67. The summed E-state index contributed by atoms with van der Waals surface area (Å²) in [5, 5.41) is 0.650. The van der Waals surface area contributed by atoms with E-state index in [1.807, 2.05) is 35.2 Å². The van der Waals surface area contributed by atoms with E-state index in [1.54, 1.807) is 4.57 Å². The lowest BCUT2D eigenvalue weighted by atomic mass is 10.00. The lowest BCUT2D eigenvalue weighted by Crippen LogP contribution is -2.47. The van der Waals surface area contributed by atoms with E-state index in [9.17, 15) is 14.4 Å². The minimum atomic E-state index is -0.385. The van der Waals surface area contributed by atoms with Crippen molar-refractivity contribution in [2.75, 3.05) is 6.54 Å². The number of fused-ring (bicyclic) bond motifs is 3. The normalized spacial score (nSPS) is 18.3. The van der Waals surface area contributed by atoms with Gasteiger partial charge in [-0.1, -0.05) is 37.3 Å². The van der Waals surface area contributed by atoms with E-state index in [2.05, 4.69) is 6.92 Å². The molecule has 168 valence electrons. The number of carbonyl (C=O) groups is 1. The molecule has 1 saturated heterocycles. The van der Waals surface area contributed by atoms with Crippen LogP contribution in [0.15, 0.2) is 39.9 Å². The summed E-state index contributed by atoms with van der Waals surface area (Å²) in [6.45, 7) is 3.08. The van der Waals surface area contributed by atoms with Crippen LogP contribution < -0.4 is 11.2 Å². The van der Waals surface area contributed by atoms with Crippen LogP contribution in [0, 0.1) is 0 Å². The summed E-state index contributed by atoms with van der Waals surface area (Å²) in [5.74, 6) is -0.0154. The smallest absolute Gasteiger partial charge is 0.332 e. The van der Waals surface area contributed by atoms with Crippen LogP contribution >= 0.6 is 11.3 Å². The third-order valence-electron chi connectivity index (χ3n) is 6.96. The number of carbonyl (C=O) groups excluding carboxylic acids is 1. The van der Waals surface area contributed by atoms with Crippen LogP contribution in [0.2, 0.25) is 0 Å². The second-order valence-electron chi connectivity index (χ2n) is 8.93. The van der Waals surface area contributed by atoms with E-state index in [1.165, 1.54) is 20.8 Å². The molecule has 1 fully saturated rings. The van der Waals surface area contributed by atoms with Gasteiger partial charge in [0, 0.05) is 17.5 Å². The van der Waals surface area contributed by atoms with Crippen molar-refractivity contribution in [3.63, 3.8) is 0 Å². The van der Waals surface area contributed by atoms with Crippen molar-refractivity contribution in [3.8, 4) is 0 Å². The number of aryl methyl sites for hydroxylation is 2. The molecule has 0 N–H and O–H groups in total. The number of hydrogen-bond acceptors (Lipinski definition) is 4. The first-order chi connectivity index (χ1) is 15.6. The van der Waals surface area contributed by atoms with Crippen molar-refractivity contribution >= 4 is 27.5 Å². The summed E-state index contributed by atoms with van der Waals surface area (Å²) in [5.41, 5.74) is 1.38. The third kappa shape index (κ3) is 3.62. The van der Waals surface area contributed by atoms with Gasteiger partial charge < -0.3 is 4.90 Å². The Morgan fingerprint density at radius 3 is 2.66 bits per heavy atom. The van der Waals surface area contributed by atoms with Gasteiger partial charge >= 0.3 is 5.69 Å². The molecule has 1 aromatic carbocycles. The van der Waals surface area contributed by atoms with E-state index in [-0.39, 0.29) is 36.3 Å². The van der Waals surface area contributed by atoms with E-state index in [0.29, 0.717) is 10.2 Å². The second kappa shape index (κ2) is 8.70. The average molecular weight is 452 g/mol. The third-order valence-corrected chi connectivity index (χ3v) is 8.28. The van der Waals surface area contributed by atoms with Crippen molar-refractivity contribution < 1.29 is 4.79 Å². The van der Waals surface area contributed by atoms with E-state index in [4.69, 9.17) is 0 Å². The van der Waals surface area contributed by atoms with Crippen LogP contribution in [0.4, 0.5) is 0 Å². The van der Waals surface area contributed by atoms with Gasteiger partial charge in [0.2, 0.25) is 5.91 Å². The van der Waals surface area contributed by atoms with Gasteiger partial charge in [0.1, 0.15) is 11.4 Å². The Kier molecular flexibility index (Phi) is 5.76. The predicted molar refractivity (Wildman–Crippen MR) is 128 cm³/mol. The van der Waals surface area contributed by atoms with Crippen LogP contribution in [0.3, 0.4) is 0 Å². The van der Waals surface area contributed by atoms with Crippen molar-refractivity contribution in [3.05, 3.63) is 67.2 Å². The quantitative estimate of drug-likeness (QED) is 0.596. The van der Waals surface area contributed by atoms with Gasteiger partial charge in [-0.15, -0.1) is 11.3 Å². The molecule has 0 unspecified atom stereocenters. The average Bonchev–Trinajstić information content (AvgIpc) is 3.41. The molecule has 1 aliphatic heterocycles. The summed E-state index contributed by atoms with van der Waals surface area (Å²) in [6, 6.07) is 9.81. The summed E-state index contributed by atoms with van der Waals surface area (Å²) in [6.07, 6.45) is 6.95. The van der Waals surface area contributed by atoms with Gasteiger partial charge in [0.25, 0.3) is 5.56 Å². The predicted octanol–water partition coefficient (Wildman–Crippen LogP) is 3.55. The first kappa shape index (κ1) is 21.2. The second-order valence-corrected chi connectivity index (χ2v) is 10.0. The molecule has 7 heteroatoms. The van der Waals surface area contributed by atoms with Crippen molar-refractivity contribution in [2.24, 2.45) is 0 Å². The molecule has 5 rings (SSSR count). The number of amides is 1. The Labute approximate surface area is 191 Å². The van der Waals surface area contributed by atoms with Crippen LogP contribution in [-0.2, 0) is 30.7 Å². The maximum absolute atomic E-state index is 13.6.